The lowest BCUT2D eigenvalue weighted by atomic mass is 9.63. The number of pyridine rings is 1. The summed E-state index contributed by atoms with van der Waals surface area (Å²) in [5, 5.41) is 16.1. The lowest BCUT2D eigenvalue weighted by molar-refractivity contribution is -0.00319. The first-order valence-corrected chi connectivity index (χ1v) is 8.13. The average Bonchev–Trinajstić information content (AvgIpc) is 2.42. The molecule has 0 bridgehead atoms. The highest BCUT2D eigenvalue weighted by atomic mass is 16.3. The van der Waals surface area contributed by atoms with Crippen LogP contribution in [0.2, 0.25) is 0 Å². The van der Waals surface area contributed by atoms with E-state index in [2.05, 4.69) is 43.2 Å². The van der Waals surface area contributed by atoms with E-state index >= 15 is 0 Å². The fourth-order valence-corrected chi connectivity index (χ4v) is 4.27. The van der Waals surface area contributed by atoms with Gasteiger partial charge in [0, 0.05) is 18.1 Å². The molecule has 118 valence electrons. The van der Waals surface area contributed by atoms with Crippen molar-refractivity contribution in [3.05, 3.63) is 36.5 Å². The molecule has 3 rings (SSSR count). The number of fused-ring (bicyclic) bond motifs is 1. The molecule has 2 atom stereocenters. The quantitative estimate of drug-likeness (QED) is 0.891. The number of hydrogen-bond acceptors (Lipinski definition) is 3. The summed E-state index contributed by atoms with van der Waals surface area (Å²) < 4.78 is 0. The molecule has 2 N–H and O–H groups in total. The van der Waals surface area contributed by atoms with E-state index < -0.39 is 0 Å². The van der Waals surface area contributed by atoms with Gasteiger partial charge in [-0.1, -0.05) is 45.0 Å². The predicted octanol–water partition coefficient (Wildman–Crippen LogP) is 4.22. The van der Waals surface area contributed by atoms with Gasteiger partial charge in [0.25, 0.3) is 0 Å². The fourth-order valence-electron chi connectivity index (χ4n) is 4.27. The number of rotatable bonds is 3. The van der Waals surface area contributed by atoms with Gasteiger partial charge in [0.1, 0.15) is 5.82 Å². The summed E-state index contributed by atoms with van der Waals surface area (Å²) in [5.41, 5.74) is 0.292. The minimum Gasteiger partial charge on any atom is -0.393 e. The summed E-state index contributed by atoms with van der Waals surface area (Å²) in [4.78, 5) is 4.50. The number of aliphatic hydroxyl groups is 1. The second-order valence-corrected chi connectivity index (χ2v) is 7.95. The van der Waals surface area contributed by atoms with Crippen LogP contribution in [0.1, 0.15) is 40.0 Å². The molecule has 1 aromatic carbocycles. The molecule has 1 fully saturated rings. The molecule has 2 aromatic rings. The summed E-state index contributed by atoms with van der Waals surface area (Å²) >= 11 is 0. The van der Waals surface area contributed by atoms with Crippen LogP contribution < -0.4 is 5.32 Å². The van der Waals surface area contributed by atoms with Crippen LogP contribution in [0.15, 0.2) is 36.5 Å². The molecule has 0 aliphatic heterocycles. The van der Waals surface area contributed by atoms with E-state index in [-0.39, 0.29) is 16.9 Å². The van der Waals surface area contributed by atoms with Crippen molar-refractivity contribution in [1.82, 2.24) is 4.98 Å². The van der Waals surface area contributed by atoms with Crippen LogP contribution in [0.25, 0.3) is 10.8 Å². The number of benzene rings is 1. The van der Waals surface area contributed by atoms with E-state index in [9.17, 15) is 5.11 Å². The van der Waals surface area contributed by atoms with Crippen molar-refractivity contribution in [1.29, 1.82) is 0 Å². The fraction of sp³-hybridized carbons (Fsp3) is 0.526. The van der Waals surface area contributed by atoms with Crippen molar-refractivity contribution in [2.45, 2.75) is 46.1 Å². The van der Waals surface area contributed by atoms with Gasteiger partial charge in [-0.05, 0) is 41.5 Å². The van der Waals surface area contributed by atoms with Crippen molar-refractivity contribution < 1.29 is 5.11 Å². The molecule has 3 nitrogen and oxygen atoms in total. The SMILES string of the molecule is CC1(C)CC(O)CC(C)(CNc2nccc3ccccc23)C1. The molecule has 1 aliphatic carbocycles. The number of nitrogens with one attached hydrogen (secondary N) is 1. The van der Waals surface area contributed by atoms with Crippen molar-refractivity contribution in [3.8, 4) is 0 Å². The number of anilines is 1. The first-order chi connectivity index (χ1) is 10.4. The number of nitrogens with zero attached hydrogens (tertiary/aromatic N) is 1. The third-order valence-electron chi connectivity index (χ3n) is 4.78. The maximum absolute atomic E-state index is 10.2. The summed E-state index contributed by atoms with van der Waals surface area (Å²) in [6, 6.07) is 10.3. The molecule has 0 amide bonds. The molecule has 0 saturated heterocycles. The maximum atomic E-state index is 10.2. The van der Waals surface area contributed by atoms with Gasteiger partial charge in [-0.3, -0.25) is 0 Å². The Hall–Kier alpha value is -1.61. The van der Waals surface area contributed by atoms with Crippen molar-refractivity contribution >= 4 is 16.6 Å². The average molecular weight is 298 g/mol. The van der Waals surface area contributed by atoms with Crippen molar-refractivity contribution in [2.24, 2.45) is 10.8 Å². The van der Waals surface area contributed by atoms with Crippen LogP contribution in [-0.2, 0) is 0 Å². The molecule has 0 radical (unpaired) electrons. The topological polar surface area (TPSA) is 45.1 Å². The van der Waals surface area contributed by atoms with E-state index in [0.717, 1.165) is 37.0 Å². The summed E-state index contributed by atoms with van der Waals surface area (Å²) in [7, 11) is 0. The Bertz CT molecular complexity index is 662. The van der Waals surface area contributed by atoms with E-state index in [4.69, 9.17) is 0 Å². The van der Waals surface area contributed by atoms with Gasteiger partial charge in [-0.2, -0.15) is 0 Å². The van der Waals surface area contributed by atoms with Gasteiger partial charge in [-0.15, -0.1) is 0 Å². The highest BCUT2D eigenvalue weighted by molar-refractivity contribution is 5.91. The summed E-state index contributed by atoms with van der Waals surface area (Å²) in [5.74, 6) is 0.942. The zero-order chi connectivity index (χ0) is 15.8. The summed E-state index contributed by atoms with van der Waals surface area (Å²) in [6.45, 7) is 7.62. The standard InChI is InChI=1S/C19H26N2O/c1-18(2)10-15(22)11-19(3,12-18)13-21-17-16-7-5-4-6-14(16)8-9-20-17/h4-9,15,22H,10-13H2,1-3H3,(H,20,21). The van der Waals surface area contributed by atoms with Crippen LogP contribution in [0, 0.1) is 10.8 Å². The normalized spacial score (nSPS) is 27.7. The van der Waals surface area contributed by atoms with Crippen LogP contribution >= 0.6 is 0 Å². The Balaban J connectivity index is 1.79. The van der Waals surface area contributed by atoms with E-state index in [1.54, 1.807) is 0 Å². The molecular formula is C19H26N2O. The van der Waals surface area contributed by atoms with Crippen LogP contribution in [0.4, 0.5) is 5.82 Å². The molecule has 3 heteroatoms. The summed E-state index contributed by atoms with van der Waals surface area (Å²) in [6.07, 6.45) is 4.53. The lowest BCUT2D eigenvalue weighted by Gasteiger charge is -2.45. The van der Waals surface area contributed by atoms with Crippen LogP contribution in [-0.4, -0.2) is 22.7 Å². The first-order valence-electron chi connectivity index (χ1n) is 8.13. The van der Waals surface area contributed by atoms with Gasteiger partial charge in [0.2, 0.25) is 0 Å². The van der Waals surface area contributed by atoms with Crippen LogP contribution in [0.5, 0.6) is 0 Å². The molecule has 1 saturated carbocycles. The molecule has 22 heavy (non-hydrogen) atoms. The zero-order valence-corrected chi connectivity index (χ0v) is 13.8. The third-order valence-corrected chi connectivity index (χ3v) is 4.78. The highest BCUT2D eigenvalue weighted by Crippen LogP contribution is 2.46. The monoisotopic (exact) mass is 298 g/mol. The van der Waals surface area contributed by atoms with Crippen LogP contribution in [0.3, 0.4) is 0 Å². The Morgan fingerprint density at radius 1 is 1.18 bits per heavy atom. The minimum atomic E-state index is -0.198. The van der Waals surface area contributed by atoms with E-state index in [0.29, 0.717) is 0 Å². The number of aliphatic hydroxyl groups excluding tert-OH is 1. The van der Waals surface area contributed by atoms with Gasteiger partial charge in [-0.25, -0.2) is 4.98 Å². The number of hydrogen-bond donors (Lipinski definition) is 2. The van der Waals surface area contributed by atoms with Crippen molar-refractivity contribution in [3.63, 3.8) is 0 Å². The molecule has 0 spiro atoms. The van der Waals surface area contributed by atoms with E-state index in [1.165, 1.54) is 5.39 Å². The Kier molecular flexibility index (Phi) is 3.85. The molecule has 2 unspecified atom stereocenters. The van der Waals surface area contributed by atoms with Gasteiger partial charge in [0.15, 0.2) is 0 Å². The van der Waals surface area contributed by atoms with Crippen molar-refractivity contribution in [2.75, 3.05) is 11.9 Å². The molecule has 1 aromatic heterocycles. The smallest absolute Gasteiger partial charge is 0.133 e. The minimum absolute atomic E-state index is 0.0970. The Labute approximate surface area is 132 Å². The van der Waals surface area contributed by atoms with Gasteiger partial charge >= 0.3 is 0 Å². The second kappa shape index (κ2) is 5.54. The largest absolute Gasteiger partial charge is 0.393 e. The van der Waals surface area contributed by atoms with E-state index in [1.807, 2.05) is 24.4 Å². The lowest BCUT2D eigenvalue weighted by Crippen LogP contribution is -2.42. The number of aromatic nitrogens is 1. The Morgan fingerprint density at radius 2 is 1.95 bits per heavy atom. The second-order valence-electron chi connectivity index (χ2n) is 7.95. The molecular weight excluding hydrogens is 272 g/mol. The predicted molar refractivity (Wildman–Crippen MR) is 92.0 cm³/mol. The Morgan fingerprint density at radius 3 is 2.73 bits per heavy atom. The zero-order valence-electron chi connectivity index (χ0n) is 13.8. The molecule has 1 heterocycles. The third kappa shape index (κ3) is 3.25. The molecule has 1 aliphatic rings. The van der Waals surface area contributed by atoms with Gasteiger partial charge < -0.3 is 10.4 Å². The highest BCUT2D eigenvalue weighted by Gasteiger charge is 2.40. The van der Waals surface area contributed by atoms with Gasteiger partial charge in [0.05, 0.1) is 6.10 Å². The maximum Gasteiger partial charge on any atom is 0.133 e. The first kappa shape index (κ1) is 15.3.